The number of carbonyl (C=O) groups is 2. The van der Waals surface area contributed by atoms with Crippen molar-refractivity contribution in [2.45, 2.75) is 60.0 Å². The van der Waals surface area contributed by atoms with Gasteiger partial charge in [0.05, 0.1) is 0 Å². The number of rotatable bonds is 9. The molecule has 0 amide bonds. The summed E-state index contributed by atoms with van der Waals surface area (Å²) >= 11 is 3.40. The number of carbonyl (C=O) groups excluding carboxylic acids is 1. The molecule has 2 unspecified atom stereocenters. The summed E-state index contributed by atoms with van der Waals surface area (Å²) in [6.07, 6.45) is 1.74. The number of halogens is 1. The highest BCUT2D eigenvalue weighted by Gasteiger charge is 2.30. The number of ether oxygens (including phenoxy) is 1. The summed E-state index contributed by atoms with van der Waals surface area (Å²) in [5, 5.41) is 9.32. The summed E-state index contributed by atoms with van der Waals surface area (Å²) in [6, 6.07) is 11.6. The third-order valence-electron chi connectivity index (χ3n) is 5.68. The Balaban J connectivity index is 2.05. The number of aryl methyl sites for hydroxylation is 3. The van der Waals surface area contributed by atoms with Crippen LogP contribution in [-0.2, 0) is 11.2 Å². The molecule has 2 atom stereocenters. The SMILES string of the molecule is Cc1cc(CCC(C)C(C)C(=O)c2ccc(Br)cc2)cc(C)c1OC(C)(C)C(=O)O. The van der Waals surface area contributed by atoms with Crippen molar-refractivity contribution in [2.75, 3.05) is 0 Å². The van der Waals surface area contributed by atoms with E-state index in [2.05, 4.69) is 22.9 Å². The third-order valence-corrected chi connectivity index (χ3v) is 6.21. The van der Waals surface area contributed by atoms with E-state index in [-0.39, 0.29) is 17.6 Å². The molecule has 0 bridgehead atoms. The predicted molar refractivity (Wildman–Crippen MR) is 123 cm³/mol. The molecular weight excluding hydrogens is 444 g/mol. The minimum absolute atomic E-state index is 0.0626. The highest BCUT2D eigenvalue weighted by Crippen LogP contribution is 2.30. The van der Waals surface area contributed by atoms with Crippen LogP contribution >= 0.6 is 15.9 Å². The zero-order valence-corrected chi connectivity index (χ0v) is 20.2. The lowest BCUT2D eigenvalue weighted by Gasteiger charge is -2.25. The predicted octanol–water partition coefficient (Wildman–Crippen LogP) is 6.40. The highest BCUT2D eigenvalue weighted by molar-refractivity contribution is 9.10. The second kappa shape index (κ2) is 9.78. The van der Waals surface area contributed by atoms with E-state index in [1.807, 2.05) is 57.2 Å². The lowest BCUT2D eigenvalue weighted by molar-refractivity contribution is -0.152. The first-order chi connectivity index (χ1) is 13.9. The van der Waals surface area contributed by atoms with Crippen LogP contribution in [0.25, 0.3) is 0 Å². The first-order valence-corrected chi connectivity index (χ1v) is 11.0. The van der Waals surface area contributed by atoms with Gasteiger partial charge < -0.3 is 9.84 Å². The molecule has 0 fully saturated rings. The maximum absolute atomic E-state index is 12.8. The molecule has 0 spiro atoms. The second-order valence-corrected chi connectivity index (χ2v) is 9.57. The van der Waals surface area contributed by atoms with Gasteiger partial charge in [-0.25, -0.2) is 4.79 Å². The Bertz CT molecular complexity index is 892. The van der Waals surface area contributed by atoms with Crippen molar-refractivity contribution in [2.24, 2.45) is 11.8 Å². The Morgan fingerprint density at radius 2 is 1.60 bits per heavy atom. The summed E-state index contributed by atoms with van der Waals surface area (Å²) in [7, 11) is 0. The van der Waals surface area contributed by atoms with Crippen LogP contribution in [-0.4, -0.2) is 22.5 Å². The fourth-order valence-corrected chi connectivity index (χ4v) is 3.69. The Morgan fingerprint density at radius 1 is 1.07 bits per heavy atom. The Kier molecular flexibility index (Phi) is 7.87. The van der Waals surface area contributed by atoms with Gasteiger partial charge in [0.15, 0.2) is 11.4 Å². The van der Waals surface area contributed by atoms with E-state index in [0.717, 1.165) is 34.0 Å². The average Bonchev–Trinajstić information content (AvgIpc) is 2.68. The van der Waals surface area contributed by atoms with Gasteiger partial charge in [-0.05, 0) is 75.3 Å². The molecule has 162 valence electrons. The van der Waals surface area contributed by atoms with Crippen molar-refractivity contribution in [1.82, 2.24) is 0 Å². The van der Waals surface area contributed by atoms with E-state index in [9.17, 15) is 14.7 Å². The Labute approximate surface area is 187 Å². The van der Waals surface area contributed by atoms with Crippen molar-refractivity contribution >= 4 is 27.7 Å². The smallest absolute Gasteiger partial charge is 0.347 e. The largest absolute Gasteiger partial charge is 0.478 e. The summed E-state index contributed by atoms with van der Waals surface area (Å²) in [5.74, 6) is -0.0282. The fourth-order valence-electron chi connectivity index (χ4n) is 3.42. The molecule has 0 radical (unpaired) electrons. The first-order valence-electron chi connectivity index (χ1n) is 10.2. The molecule has 0 saturated heterocycles. The van der Waals surface area contributed by atoms with Gasteiger partial charge in [0.1, 0.15) is 5.75 Å². The summed E-state index contributed by atoms with van der Waals surface area (Å²) in [6.45, 7) is 11.1. The molecule has 2 aromatic carbocycles. The van der Waals surface area contributed by atoms with Gasteiger partial charge in [0.25, 0.3) is 0 Å². The molecule has 0 aliphatic carbocycles. The molecule has 2 aromatic rings. The van der Waals surface area contributed by atoms with Crippen molar-refractivity contribution in [3.8, 4) is 5.75 Å². The summed E-state index contributed by atoms with van der Waals surface area (Å²) < 4.78 is 6.75. The van der Waals surface area contributed by atoms with Crippen molar-refractivity contribution in [1.29, 1.82) is 0 Å². The monoisotopic (exact) mass is 474 g/mol. The molecule has 5 heteroatoms. The van der Waals surface area contributed by atoms with E-state index < -0.39 is 11.6 Å². The minimum Gasteiger partial charge on any atom is -0.478 e. The molecule has 0 saturated carbocycles. The topological polar surface area (TPSA) is 63.6 Å². The van der Waals surface area contributed by atoms with E-state index in [1.165, 1.54) is 5.56 Å². The van der Waals surface area contributed by atoms with Gasteiger partial charge in [-0.15, -0.1) is 0 Å². The van der Waals surface area contributed by atoms with Crippen LogP contribution < -0.4 is 4.74 Å². The molecule has 1 N–H and O–H groups in total. The highest BCUT2D eigenvalue weighted by atomic mass is 79.9. The quantitative estimate of drug-likeness (QED) is 0.427. The zero-order chi connectivity index (χ0) is 22.6. The number of ketones is 1. The van der Waals surface area contributed by atoms with Gasteiger partial charge in [-0.1, -0.05) is 54.0 Å². The molecular formula is C25H31BrO4. The average molecular weight is 475 g/mol. The number of hydrogen-bond acceptors (Lipinski definition) is 3. The maximum atomic E-state index is 12.8. The van der Waals surface area contributed by atoms with Crippen LogP contribution in [0.1, 0.15) is 61.2 Å². The number of carboxylic acid groups (broad SMARTS) is 1. The van der Waals surface area contributed by atoms with Crippen LogP contribution in [0.3, 0.4) is 0 Å². The van der Waals surface area contributed by atoms with Gasteiger partial charge in [0, 0.05) is 16.0 Å². The Hall–Kier alpha value is -2.14. The third kappa shape index (κ3) is 5.94. The van der Waals surface area contributed by atoms with Gasteiger partial charge in [-0.3, -0.25) is 4.79 Å². The van der Waals surface area contributed by atoms with Crippen LogP contribution in [0.5, 0.6) is 5.75 Å². The molecule has 0 heterocycles. The number of benzene rings is 2. The van der Waals surface area contributed by atoms with Crippen molar-refractivity contribution < 1.29 is 19.4 Å². The fraction of sp³-hybridized carbons (Fsp3) is 0.440. The zero-order valence-electron chi connectivity index (χ0n) is 18.6. The van der Waals surface area contributed by atoms with E-state index in [1.54, 1.807) is 13.8 Å². The van der Waals surface area contributed by atoms with Crippen LogP contribution in [0, 0.1) is 25.7 Å². The minimum atomic E-state index is -1.28. The van der Waals surface area contributed by atoms with E-state index in [0.29, 0.717) is 5.75 Å². The van der Waals surface area contributed by atoms with Gasteiger partial charge in [0.2, 0.25) is 0 Å². The lowest BCUT2D eigenvalue weighted by atomic mass is 9.84. The van der Waals surface area contributed by atoms with Gasteiger partial charge >= 0.3 is 5.97 Å². The number of hydrogen-bond donors (Lipinski definition) is 1. The summed E-state index contributed by atoms with van der Waals surface area (Å²) in [5.41, 5.74) is 2.47. The molecule has 0 aliphatic rings. The van der Waals surface area contributed by atoms with E-state index >= 15 is 0 Å². The normalized spacial score (nSPS) is 13.6. The van der Waals surface area contributed by atoms with Crippen LogP contribution in [0.15, 0.2) is 40.9 Å². The molecule has 0 aromatic heterocycles. The lowest BCUT2D eigenvalue weighted by Crippen LogP contribution is -2.38. The van der Waals surface area contributed by atoms with Gasteiger partial charge in [-0.2, -0.15) is 0 Å². The summed E-state index contributed by atoms with van der Waals surface area (Å²) in [4.78, 5) is 24.1. The molecule has 0 aliphatic heterocycles. The molecule has 2 rings (SSSR count). The molecule has 30 heavy (non-hydrogen) atoms. The standard InChI is InChI=1S/C25H31BrO4/c1-15(18(4)22(27)20-9-11-21(26)12-10-20)7-8-19-13-16(2)23(17(3)14-19)30-25(5,6)24(28)29/h9-15,18H,7-8H2,1-6H3,(H,28,29). The van der Waals surface area contributed by atoms with Crippen LogP contribution in [0.4, 0.5) is 0 Å². The van der Waals surface area contributed by atoms with Crippen molar-refractivity contribution in [3.63, 3.8) is 0 Å². The molecule has 4 nitrogen and oxygen atoms in total. The van der Waals surface area contributed by atoms with Crippen LogP contribution in [0.2, 0.25) is 0 Å². The second-order valence-electron chi connectivity index (χ2n) is 8.65. The maximum Gasteiger partial charge on any atom is 0.347 e. The number of carboxylic acids is 1. The number of aliphatic carboxylic acids is 1. The first kappa shape index (κ1) is 24.1. The number of Topliss-reactive ketones (excluding diaryl/α,β-unsaturated/α-hetero) is 1. The van der Waals surface area contributed by atoms with Crippen molar-refractivity contribution in [3.05, 3.63) is 63.1 Å². The Morgan fingerprint density at radius 3 is 2.10 bits per heavy atom. The van der Waals surface area contributed by atoms with E-state index in [4.69, 9.17) is 4.74 Å².